The molecule has 0 saturated heterocycles. The van der Waals surface area contributed by atoms with Crippen LogP contribution in [0.2, 0.25) is 10.0 Å². The topological polar surface area (TPSA) is 63.3 Å². The van der Waals surface area contributed by atoms with E-state index in [9.17, 15) is 0 Å². The number of nitrogens with one attached hydrogen (secondary N) is 1. The van der Waals surface area contributed by atoms with Gasteiger partial charge in [0.25, 0.3) is 0 Å². The van der Waals surface area contributed by atoms with E-state index in [0.29, 0.717) is 22.5 Å². The van der Waals surface area contributed by atoms with Crippen LogP contribution in [0.25, 0.3) is 0 Å². The van der Waals surface area contributed by atoms with Crippen molar-refractivity contribution in [1.29, 1.82) is 0 Å². The Hall–Kier alpha value is -1.30. The SMILES string of the molecule is Cc1csc(CN=C(N)NC(C)c2ccc(Cl)cc2Cl)n1. The van der Waals surface area contributed by atoms with E-state index in [1.165, 1.54) is 0 Å². The van der Waals surface area contributed by atoms with Gasteiger partial charge in [0.1, 0.15) is 5.01 Å². The van der Waals surface area contributed by atoms with Crippen LogP contribution in [0.4, 0.5) is 0 Å². The Morgan fingerprint density at radius 2 is 2.24 bits per heavy atom. The highest BCUT2D eigenvalue weighted by Gasteiger charge is 2.10. The van der Waals surface area contributed by atoms with E-state index < -0.39 is 0 Å². The van der Waals surface area contributed by atoms with E-state index in [1.54, 1.807) is 23.5 Å². The number of thiazole rings is 1. The molecular formula is C14H16Cl2N4S. The molecule has 3 N–H and O–H groups in total. The van der Waals surface area contributed by atoms with Crippen LogP contribution in [0.15, 0.2) is 28.6 Å². The molecule has 4 nitrogen and oxygen atoms in total. The van der Waals surface area contributed by atoms with Gasteiger partial charge in [-0.25, -0.2) is 9.98 Å². The molecule has 1 unspecified atom stereocenters. The van der Waals surface area contributed by atoms with Crippen molar-refractivity contribution in [3.8, 4) is 0 Å². The van der Waals surface area contributed by atoms with Gasteiger partial charge in [0, 0.05) is 21.1 Å². The van der Waals surface area contributed by atoms with Crippen molar-refractivity contribution in [1.82, 2.24) is 10.3 Å². The lowest BCUT2D eigenvalue weighted by Crippen LogP contribution is -2.34. The fraction of sp³-hybridized carbons (Fsp3) is 0.286. The molecule has 0 bridgehead atoms. The summed E-state index contributed by atoms with van der Waals surface area (Å²) in [4.78, 5) is 8.62. The second-order valence-corrected chi connectivity index (χ2v) is 6.40. The summed E-state index contributed by atoms with van der Waals surface area (Å²) < 4.78 is 0. The Labute approximate surface area is 138 Å². The normalized spacial score (nSPS) is 13.2. The standard InChI is InChI=1S/C14H16Cl2N4S/c1-8-7-21-13(19-8)6-18-14(17)20-9(2)11-4-3-10(15)5-12(11)16/h3-5,7,9H,6H2,1-2H3,(H3,17,18,20). The first-order valence-electron chi connectivity index (χ1n) is 6.38. The molecule has 0 radical (unpaired) electrons. The zero-order chi connectivity index (χ0) is 15.4. The van der Waals surface area contributed by atoms with E-state index >= 15 is 0 Å². The maximum absolute atomic E-state index is 6.17. The van der Waals surface area contributed by atoms with Crippen molar-refractivity contribution in [2.75, 3.05) is 0 Å². The number of hydrogen-bond donors (Lipinski definition) is 2. The second-order valence-electron chi connectivity index (χ2n) is 4.62. The molecular weight excluding hydrogens is 327 g/mol. The number of aliphatic imine (C=N–C) groups is 1. The molecule has 1 aromatic carbocycles. The Morgan fingerprint density at radius 3 is 2.86 bits per heavy atom. The first kappa shape index (κ1) is 16.1. The van der Waals surface area contributed by atoms with E-state index in [1.807, 2.05) is 25.3 Å². The van der Waals surface area contributed by atoms with E-state index in [2.05, 4.69) is 15.3 Å². The average Bonchev–Trinajstić information content (AvgIpc) is 2.82. The van der Waals surface area contributed by atoms with Crippen molar-refractivity contribution in [2.24, 2.45) is 10.7 Å². The third-order valence-corrected chi connectivity index (χ3v) is 4.36. The fourth-order valence-electron chi connectivity index (χ4n) is 1.83. The lowest BCUT2D eigenvalue weighted by Gasteiger charge is -2.16. The number of halogens is 2. The predicted octanol–water partition coefficient (Wildman–Crippen LogP) is 3.92. The Bertz CT molecular complexity index is 654. The number of hydrogen-bond acceptors (Lipinski definition) is 3. The van der Waals surface area contributed by atoms with Gasteiger partial charge < -0.3 is 11.1 Å². The summed E-state index contributed by atoms with van der Waals surface area (Å²) in [5.74, 6) is 0.362. The molecule has 0 aliphatic heterocycles. The second kappa shape index (κ2) is 7.11. The van der Waals surface area contributed by atoms with Gasteiger partial charge in [-0.15, -0.1) is 11.3 Å². The van der Waals surface area contributed by atoms with Gasteiger partial charge in [0.15, 0.2) is 5.96 Å². The highest BCUT2D eigenvalue weighted by molar-refractivity contribution is 7.09. The lowest BCUT2D eigenvalue weighted by molar-refractivity contribution is 0.708. The quantitative estimate of drug-likeness (QED) is 0.653. The highest BCUT2D eigenvalue weighted by atomic mass is 35.5. The van der Waals surface area contributed by atoms with Crippen LogP contribution in [-0.4, -0.2) is 10.9 Å². The van der Waals surface area contributed by atoms with Crippen molar-refractivity contribution in [2.45, 2.75) is 26.4 Å². The van der Waals surface area contributed by atoms with Gasteiger partial charge in [-0.3, -0.25) is 0 Å². The van der Waals surface area contributed by atoms with Gasteiger partial charge in [-0.1, -0.05) is 29.3 Å². The minimum absolute atomic E-state index is 0.0588. The Kier molecular flexibility index (Phi) is 5.45. The molecule has 0 saturated carbocycles. The summed E-state index contributed by atoms with van der Waals surface area (Å²) in [6, 6.07) is 5.32. The largest absolute Gasteiger partial charge is 0.370 e. The summed E-state index contributed by atoms with van der Waals surface area (Å²) >= 11 is 13.6. The molecule has 0 amide bonds. The molecule has 0 spiro atoms. The maximum Gasteiger partial charge on any atom is 0.189 e. The van der Waals surface area contributed by atoms with Crippen LogP contribution in [0.1, 0.15) is 29.2 Å². The predicted molar refractivity (Wildman–Crippen MR) is 90.2 cm³/mol. The summed E-state index contributed by atoms with van der Waals surface area (Å²) in [5.41, 5.74) is 7.81. The molecule has 1 heterocycles. The van der Waals surface area contributed by atoms with Gasteiger partial charge in [-0.05, 0) is 31.5 Å². The zero-order valence-corrected chi connectivity index (χ0v) is 14.1. The number of rotatable bonds is 4. The Morgan fingerprint density at radius 1 is 1.48 bits per heavy atom. The third kappa shape index (κ3) is 4.59. The minimum atomic E-state index is -0.0588. The third-order valence-electron chi connectivity index (χ3n) is 2.84. The number of nitrogens with zero attached hydrogens (tertiary/aromatic N) is 2. The molecule has 1 atom stereocenters. The number of nitrogens with two attached hydrogens (primary N) is 1. The molecule has 112 valence electrons. The smallest absolute Gasteiger partial charge is 0.189 e. The van der Waals surface area contributed by atoms with Crippen LogP contribution >= 0.6 is 34.5 Å². The molecule has 0 aliphatic rings. The molecule has 2 rings (SSSR count). The lowest BCUT2D eigenvalue weighted by atomic mass is 10.1. The minimum Gasteiger partial charge on any atom is -0.370 e. The molecule has 7 heteroatoms. The average molecular weight is 343 g/mol. The summed E-state index contributed by atoms with van der Waals surface area (Å²) in [5, 5.41) is 7.25. The van der Waals surface area contributed by atoms with Crippen LogP contribution < -0.4 is 11.1 Å². The van der Waals surface area contributed by atoms with Gasteiger partial charge >= 0.3 is 0 Å². The van der Waals surface area contributed by atoms with Crippen LogP contribution in [0.5, 0.6) is 0 Å². The van der Waals surface area contributed by atoms with Gasteiger partial charge in [0.2, 0.25) is 0 Å². The number of guanidine groups is 1. The first-order chi connectivity index (χ1) is 9.95. The monoisotopic (exact) mass is 342 g/mol. The van der Waals surface area contributed by atoms with Crippen molar-refractivity contribution >= 4 is 40.5 Å². The van der Waals surface area contributed by atoms with Crippen LogP contribution in [0.3, 0.4) is 0 Å². The van der Waals surface area contributed by atoms with Crippen molar-refractivity contribution in [3.05, 3.63) is 49.9 Å². The molecule has 0 aliphatic carbocycles. The van der Waals surface area contributed by atoms with Crippen molar-refractivity contribution < 1.29 is 0 Å². The maximum atomic E-state index is 6.17. The highest BCUT2D eigenvalue weighted by Crippen LogP contribution is 2.25. The van der Waals surface area contributed by atoms with E-state index in [-0.39, 0.29) is 6.04 Å². The summed E-state index contributed by atoms with van der Waals surface area (Å²) in [6.07, 6.45) is 0. The Balaban J connectivity index is 1.99. The van der Waals surface area contributed by atoms with Gasteiger partial charge in [0.05, 0.1) is 12.6 Å². The van der Waals surface area contributed by atoms with Crippen LogP contribution in [-0.2, 0) is 6.54 Å². The fourth-order valence-corrected chi connectivity index (χ4v) is 3.09. The van der Waals surface area contributed by atoms with Gasteiger partial charge in [-0.2, -0.15) is 0 Å². The first-order valence-corrected chi connectivity index (χ1v) is 8.01. The zero-order valence-electron chi connectivity index (χ0n) is 11.7. The van der Waals surface area contributed by atoms with E-state index in [4.69, 9.17) is 28.9 Å². The summed E-state index contributed by atoms with van der Waals surface area (Å²) in [7, 11) is 0. The summed E-state index contributed by atoms with van der Waals surface area (Å²) in [6.45, 7) is 4.39. The number of benzene rings is 1. The molecule has 1 aromatic heterocycles. The van der Waals surface area contributed by atoms with Crippen LogP contribution in [0, 0.1) is 6.92 Å². The molecule has 2 aromatic rings. The number of aryl methyl sites for hydroxylation is 1. The molecule has 0 fully saturated rings. The van der Waals surface area contributed by atoms with Crippen molar-refractivity contribution in [3.63, 3.8) is 0 Å². The molecule has 21 heavy (non-hydrogen) atoms. The van der Waals surface area contributed by atoms with E-state index in [0.717, 1.165) is 16.3 Å². The number of aromatic nitrogens is 1.